The lowest BCUT2D eigenvalue weighted by Crippen LogP contribution is -2.04. The number of hydrogen-bond acceptors (Lipinski definition) is 4. The fourth-order valence-corrected chi connectivity index (χ4v) is 2.46. The first-order chi connectivity index (χ1) is 9.04. The van der Waals surface area contributed by atoms with Gasteiger partial charge < -0.3 is 0 Å². The zero-order valence-corrected chi connectivity index (χ0v) is 11.4. The molecule has 0 saturated carbocycles. The Balaban J connectivity index is 1.71. The second kappa shape index (κ2) is 6.12. The van der Waals surface area contributed by atoms with Crippen molar-refractivity contribution in [1.29, 1.82) is 0 Å². The van der Waals surface area contributed by atoms with E-state index < -0.39 is 10.1 Å². The molecule has 0 aliphatic heterocycles. The van der Waals surface area contributed by atoms with E-state index in [9.17, 15) is 8.42 Å². The lowest BCUT2D eigenvalue weighted by Gasteiger charge is -2.00. The molecule has 1 N–H and O–H groups in total. The van der Waals surface area contributed by atoms with E-state index in [1.54, 1.807) is 4.80 Å². The highest BCUT2D eigenvalue weighted by Gasteiger charge is 2.04. The van der Waals surface area contributed by atoms with Crippen molar-refractivity contribution in [2.75, 3.05) is 5.75 Å². The van der Waals surface area contributed by atoms with Gasteiger partial charge in [-0.05, 0) is 25.0 Å². The van der Waals surface area contributed by atoms with Crippen LogP contribution in [0.5, 0.6) is 0 Å². The topological polar surface area (TPSA) is 85.1 Å². The van der Waals surface area contributed by atoms with E-state index in [1.807, 2.05) is 24.3 Å². The van der Waals surface area contributed by atoms with Gasteiger partial charge in [0.15, 0.2) is 0 Å². The van der Waals surface area contributed by atoms with E-state index >= 15 is 0 Å². The van der Waals surface area contributed by atoms with Crippen LogP contribution in [0.25, 0.3) is 11.0 Å². The van der Waals surface area contributed by atoms with Crippen LogP contribution in [0, 0.1) is 0 Å². The van der Waals surface area contributed by atoms with Gasteiger partial charge in [0.1, 0.15) is 11.0 Å². The molecule has 0 atom stereocenters. The summed E-state index contributed by atoms with van der Waals surface area (Å²) in [5.41, 5.74) is 1.77. The Bertz CT molecular complexity index is 603. The Kier molecular flexibility index (Phi) is 4.49. The lowest BCUT2D eigenvalue weighted by molar-refractivity contribution is 0.473. The van der Waals surface area contributed by atoms with Crippen LogP contribution < -0.4 is 0 Å². The van der Waals surface area contributed by atoms with Gasteiger partial charge in [-0.3, -0.25) is 4.55 Å². The molecular formula is C12H17N3O3S. The molecule has 6 nitrogen and oxygen atoms in total. The number of unbranched alkanes of at least 4 members (excludes halogenated alkanes) is 3. The lowest BCUT2D eigenvalue weighted by atomic mass is 10.2. The number of aromatic nitrogens is 3. The van der Waals surface area contributed by atoms with E-state index in [2.05, 4.69) is 10.2 Å². The van der Waals surface area contributed by atoms with Crippen molar-refractivity contribution in [2.45, 2.75) is 32.2 Å². The average molecular weight is 283 g/mol. The van der Waals surface area contributed by atoms with Gasteiger partial charge >= 0.3 is 0 Å². The number of nitrogens with zero attached hydrogens (tertiary/aromatic N) is 3. The molecule has 0 fully saturated rings. The first-order valence-electron chi connectivity index (χ1n) is 6.30. The van der Waals surface area contributed by atoms with E-state index in [4.69, 9.17) is 4.55 Å². The Labute approximate surface area is 112 Å². The van der Waals surface area contributed by atoms with Crippen LogP contribution in [-0.4, -0.2) is 33.7 Å². The summed E-state index contributed by atoms with van der Waals surface area (Å²) in [6.07, 6.45) is 3.06. The SMILES string of the molecule is O=S(=O)(O)CCCCCCn1nc2ccccc2n1. The van der Waals surface area contributed by atoms with Crippen LogP contribution in [0.1, 0.15) is 25.7 Å². The third kappa shape index (κ3) is 4.60. The van der Waals surface area contributed by atoms with Gasteiger partial charge in [-0.2, -0.15) is 23.4 Å². The second-order valence-corrected chi connectivity index (χ2v) is 6.06. The first kappa shape index (κ1) is 14.0. The van der Waals surface area contributed by atoms with E-state index in [1.165, 1.54) is 0 Å². The Morgan fingerprint density at radius 2 is 1.58 bits per heavy atom. The zero-order chi connectivity index (χ0) is 13.7. The zero-order valence-electron chi connectivity index (χ0n) is 10.6. The molecule has 0 unspecified atom stereocenters. The van der Waals surface area contributed by atoms with E-state index in [0.717, 1.165) is 36.8 Å². The summed E-state index contributed by atoms with van der Waals surface area (Å²) >= 11 is 0. The quantitative estimate of drug-likeness (QED) is 0.619. The third-order valence-electron chi connectivity index (χ3n) is 2.84. The van der Waals surface area contributed by atoms with Crippen LogP contribution >= 0.6 is 0 Å². The minimum atomic E-state index is -3.81. The summed E-state index contributed by atoms with van der Waals surface area (Å²) < 4.78 is 29.6. The molecule has 7 heteroatoms. The molecule has 2 aromatic rings. The summed E-state index contributed by atoms with van der Waals surface area (Å²) in [4.78, 5) is 1.67. The normalized spacial score (nSPS) is 12.1. The molecule has 0 aliphatic rings. The van der Waals surface area contributed by atoms with Crippen LogP contribution in [0.3, 0.4) is 0 Å². The van der Waals surface area contributed by atoms with Crippen LogP contribution in [0.15, 0.2) is 24.3 Å². The average Bonchev–Trinajstić information content (AvgIpc) is 2.74. The van der Waals surface area contributed by atoms with Gasteiger partial charge in [0, 0.05) is 0 Å². The van der Waals surface area contributed by atoms with Gasteiger partial charge in [-0.1, -0.05) is 25.0 Å². The Hall–Kier alpha value is -1.47. The maximum Gasteiger partial charge on any atom is 0.264 e. The van der Waals surface area contributed by atoms with Gasteiger partial charge in [-0.25, -0.2) is 0 Å². The van der Waals surface area contributed by atoms with Crippen LogP contribution in [-0.2, 0) is 16.7 Å². The maximum atomic E-state index is 10.5. The molecule has 1 aromatic carbocycles. The molecule has 0 radical (unpaired) electrons. The first-order valence-corrected chi connectivity index (χ1v) is 7.90. The molecule has 19 heavy (non-hydrogen) atoms. The van der Waals surface area contributed by atoms with Gasteiger partial charge in [0.25, 0.3) is 10.1 Å². The van der Waals surface area contributed by atoms with Gasteiger partial charge in [0.2, 0.25) is 0 Å². The summed E-state index contributed by atoms with van der Waals surface area (Å²) in [5, 5.41) is 8.68. The molecule has 0 spiro atoms. The number of fused-ring (bicyclic) bond motifs is 1. The number of rotatable bonds is 7. The number of benzene rings is 1. The number of hydrogen-bond donors (Lipinski definition) is 1. The van der Waals surface area contributed by atoms with Crippen LogP contribution in [0.2, 0.25) is 0 Å². The molecule has 0 amide bonds. The van der Waals surface area contributed by atoms with Crippen molar-refractivity contribution >= 4 is 21.2 Å². The summed E-state index contributed by atoms with van der Waals surface area (Å²) in [6.45, 7) is 0.723. The number of aryl methyl sites for hydroxylation is 1. The highest BCUT2D eigenvalue weighted by molar-refractivity contribution is 7.85. The van der Waals surface area contributed by atoms with E-state index in [0.29, 0.717) is 6.42 Å². The third-order valence-corrected chi connectivity index (χ3v) is 3.64. The Morgan fingerprint density at radius 1 is 1.00 bits per heavy atom. The highest BCUT2D eigenvalue weighted by Crippen LogP contribution is 2.08. The van der Waals surface area contributed by atoms with Gasteiger partial charge in [0.05, 0.1) is 12.3 Å². The van der Waals surface area contributed by atoms with Crippen molar-refractivity contribution in [3.05, 3.63) is 24.3 Å². The summed E-state index contributed by atoms with van der Waals surface area (Å²) in [6, 6.07) is 7.70. The van der Waals surface area contributed by atoms with Crippen molar-refractivity contribution in [2.24, 2.45) is 0 Å². The molecule has 0 saturated heterocycles. The molecule has 0 aliphatic carbocycles. The summed E-state index contributed by atoms with van der Waals surface area (Å²) in [7, 11) is -3.81. The minimum Gasteiger partial charge on any atom is -0.286 e. The predicted octanol–water partition coefficient (Wildman–Crippen LogP) is 1.88. The van der Waals surface area contributed by atoms with Crippen molar-refractivity contribution in [3.63, 3.8) is 0 Å². The fourth-order valence-electron chi connectivity index (χ4n) is 1.90. The highest BCUT2D eigenvalue weighted by atomic mass is 32.2. The van der Waals surface area contributed by atoms with Crippen molar-refractivity contribution < 1.29 is 13.0 Å². The van der Waals surface area contributed by atoms with Crippen LogP contribution in [0.4, 0.5) is 0 Å². The molecule has 2 rings (SSSR count). The maximum absolute atomic E-state index is 10.5. The Morgan fingerprint density at radius 3 is 2.16 bits per heavy atom. The van der Waals surface area contributed by atoms with Crippen molar-refractivity contribution in [3.8, 4) is 0 Å². The fraction of sp³-hybridized carbons (Fsp3) is 0.500. The predicted molar refractivity (Wildman–Crippen MR) is 72.4 cm³/mol. The van der Waals surface area contributed by atoms with E-state index in [-0.39, 0.29) is 5.75 Å². The standard InChI is InChI=1S/C12H17N3O3S/c16-19(17,18)10-6-2-1-5-9-15-13-11-7-3-4-8-12(11)14-15/h3-4,7-8H,1-2,5-6,9-10H2,(H,16,17,18). The van der Waals surface area contributed by atoms with Gasteiger partial charge in [-0.15, -0.1) is 0 Å². The molecular weight excluding hydrogens is 266 g/mol. The minimum absolute atomic E-state index is 0.156. The summed E-state index contributed by atoms with van der Waals surface area (Å²) in [5.74, 6) is -0.156. The molecule has 1 aromatic heterocycles. The molecule has 1 heterocycles. The van der Waals surface area contributed by atoms with Crippen molar-refractivity contribution in [1.82, 2.24) is 15.0 Å². The largest absolute Gasteiger partial charge is 0.286 e. The second-order valence-electron chi connectivity index (χ2n) is 4.48. The molecule has 104 valence electrons. The smallest absolute Gasteiger partial charge is 0.264 e. The molecule has 0 bridgehead atoms. The monoisotopic (exact) mass is 283 g/mol.